The number of hydrogen-bond acceptors (Lipinski definition) is 3. The Morgan fingerprint density at radius 1 is 0.939 bits per heavy atom. The summed E-state index contributed by atoms with van der Waals surface area (Å²) < 4.78 is 0. The first kappa shape index (κ1) is 22.2. The van der Waals surface area contributed by atoms with Crippen LogP contribution in [0.1, 0.15) is 45.4 Å². The predicted octanol–water partition coefficient (Wildman–Crippen LogP) is 4.56. The lowest BCUT2D eigenvalue weighted by Crippen LogP contribution is -2.58. The molecule has 1 unspecified atom stereocenters. The fourth-order valence-corrected chi connectivity index (χ4v) is 5.46. The summed E-state index contributed by atoms with van der Waals surface area (Å²) in [5, 5.41) is 5.20. The van der Waals surface area contributed by atoms with Crippen LogP contribution in [0.5, 0.6) is 0 Å². The van der Waals surface area contributed by atoms with E-state index in [-0.39, 0.29) is 11.9 Å². The highest BCUT2D eigenvalue weighted by atomic mass is 16.2. The average Bonchev–Trinajstić information content (AvgIpc) is 3.59. The summed E-state index contributed by atoms with van der Waals surface area (Å²) in [6.07, 6.45) is 7.83. The first-order chi connectivity index (χ1) is 16.0. The zero-order valence-corrected chi connectivity index (χ0v) is 19.8. The molecule has 1 atom stereocenters. The molecule has 5 rings (SSSR count). The maximum atomic E-state index is 12.9. The molecule has 33 heavy (non-hydrogen) atoms. The van der Waals surface area contributed by atoms with Gasteiger partial charge in [0.05, 0.1) is 0 Å². The summed E-state index contributed by atoms with van der Waals surface area (Å²) in [5.41, 5.74) is 1.49. The van der Waals surface area contributed by atoms with E-state index in [2.05, 4.69) is 16.3 Å². The van der Waals surface area contributed by atoms with E-state index in [1.165, 1.54) is 38.8 Å². The summed E-state index contributed by atoms with van der Waals surface area (Å²) in [6.45, 7) is 7.47. The quantitative estimate of drug-likeness (QED) is 0.659. The van der Waals surface area contributed by atoms with Gasteiger partial charge in [0.1, 0.15) is 6.04 Å². The van der Waals surface area contributed by atoms with E-state index >= 15 is 0 Å². The minimum atomic E-state index is -0.434. The number of carbonyl (C=O) groups is 2. The molecule has 6 heteroatoms. The van der Waals surface area contributed by atoms with Crippen LogP contribution in [0.15, 0.2) is 42.5 Å². The number of fused-ring (bicyclic) bond motifs is 1. The lowest BCUT2D eigenvalue weighted by molar-refractivity contribution is -0.139. The number of anilines is 1. The topological polar surface area (TPSA) is 55.9 Å². The molecule has 2 aliphatic heterocycles. The number of piperidine rings is 1. The molecule has 2 saturated heterocycles. The van der Waals surface area contributed by atoms with E-state index in [1.54, 1.807) is 4.90 Å². The average molecular weight is 449 g/mol. The Balaban J connectivity index is 1.07. The third kappa shape index (κ3) is 5.01. The Bertz CT molecular complexity index is 1010. The molecule has 3 amide bonds. The molecule has 0 radical (unpaired) electrons. The number of carbonyl (C=O) groups excluding carboxylic acids is 2. The van der Waals surface area contributed by atoms with Crippen LogP contribution in [0.2, 0.25) is 0 Å². The Morgan fingerprint density at radius 2 is 1.67 bits per heavy atom. The molecular formula is C27H36N4O2. The van der Waals surface area contributed by atoms with Crippen molar-refractivity contribution in [2.45, 2.75) is 51.5 Å². The minimum absolute atomic E-state index is 0.0589. The molecule has 0 bridgehead atoms. The Labute approximate surface area is 196 Å². The number of nitrogens with zero attached hydrogens (tertiary/aromatic N) is 3. The molecule has 2 heterocycles. The van der Waals surface area contributed by atoms with E-state index in [1.807, 2.05) is 48.2 Å². The van der Waals surface area contributed by atoms with E-state index in [4.69, 9.17) is 0 Å². The summed E-state index contributed by atoms with van der Waals surface area (Å²) >= 11 is 0. The number of urea groups is 1. The molecular weight excluding hydrogens is 412 g/mol. The van der Waals surface area contributed by atoms with Gasteiger partial charge in [-0.15, -0.1) is 0 Å². The van der Waals surface area contributed by atoms with Crippen LogP contribution >= 0.6 is 0 Å². The number of unbranched alkanes of at least 4 members (excludes halogenated alkanes) is 1. The van der Waals surface area contributed by atoms with Gasteiger partial charge in [-0.3, -0.25) is 4.79 Å². The first-order valence-electron chi connectivity index (χ1n) is 12.6. The van der Waals surface area contributed by atoms with Gasteiger partial charge in [-0.1, -0.05) is 30.3 Å². The number of rotatable bonds is 6. The van der Waals surface area contributed by atoms with E-state index in [0.29, 0.717) is 13.1 Å². The van der Waals surface area contributed by atoms with E-state index < -0.39 is 6.04 Å². The van der Waals surface area contributed by atoms with E-state index in [9.17, 15) is 9.59 Å². The second-order valence-corrected chi connectivity index (χ2v) is 10.2. The van der Waals surface area contributed by atoms with Gasteiger partial charge in [0.2, 0.25) is 5.91 Å². The Hall–Kier alpha value is -2.60. The summed E-state index contributed by atoms with van der Waals surface area (Å²) in [7, 11) is 0. The van der Waals surface area contributed by atoms with Crippen molar-refractivity contribution in [1.29, 1.82) is 0 Å². The van der Waals surface area contributed by atoms with Crippen LogP contribution in [-0.4, -0.2) is 71.9 Å². The molecule has 0 aromatic heterocycles. The van der Waals surface area contributed by atoms with Crippen LogP contribution in [0.25, 0.3) is 10.8 Å². The van der Waals surface area contributed by atoms with Crippen molar-refractivity contribution in [2.75, 3.05) is 44.6 Å². The molecule has 1 saturated carbocycles. The number of likely N-dealkylation sites (tertiary alicyclic amines) is 1. The van der Waals surface area contributed by atoms with Gasteiger partial charge in [0.15, 0.2) is 0 Å². The van der Waals surface area contributed by atoms with Crippen LogP contribution in [0.3, 0.4) is 0 Å². The van der Waals surface area contributed by atoms with Crippen molar-refractivity contribution in [2.24, 2.45) is 5.41 Å². The molecule has 2 aromatic rings. The van der Waals surface area contributed by atoms with Crippen molar-refractivity contribution in [1.82, 2.24) is 14.7 Å². The Kier molecular flexibility index (Phi) is 6.28. The van der Waals surface area contributed by atoms with Crippen molar-refractivity contribution < 1.29 is 9.59 Å². The van der Waals surface area contributed by atoms with Gasteiger partial charge in [0.25, 0.3) is 0 Å². The zero-order valence-electron chi connectivity index (χ0n) is 19.8. The maximum Gasteiger partial charge on any atom is 0.322 e. The standard InChI is InChI=1S/C27H36N4O2/c1-21-25(32)30(15-5-4-14-29-16-12-27(10-11-27)13-17-29)18-19-31(21)26(33)28-24-9-8-22-6-2-3-7-23(22)20-24/h2-3,6-9,20-21H,4-5,10-19H2,1H3,(H,28,33). The number of benzene rings is 2. The normalized spacial score (nSPS) is 22.7. The van der Waals surface area contributed by atoms with Gasteiger partial charge >= 0.3 is 6.03 Å². The van der Waals surface area contributed by atoms with Crippen molar-refractivity contribution in [3.05, 3.63) is 42.5 Å². The lowest BCUT2D eigenvalue weighted by atomic mass is 9.93. The molecule has 176 valence electrons. The molecule has 3 aliphatic rings. The fourth-order valence-electron chi connectivity index (χ4n) is 5.46. The van der Waals surface area contributed by atoms with Gasteiger partial charge in [0, 0.05) is 25.3 Å². The van der Waals surface area contributed by atoms with Crippen LogP contribution in [0, 0.1) is 5.41 Å². The van der Waals surface area contributed by atoms with Gasteiger partial charge in [-0.2, -0.15) is 0 Å². The number of amides is 3. The second-order valence-electron chi connectivity index (χ2n) is 10.2. The third-order valence-corrected chi connectivity index (χ3v) is 8.04. The van der Waals surface area contributed by atoms with Gasteiger partial charge in [-0.25, -0.2) is 4.79 Å². The summed E-state index contributed by atoms with van der Waals surface area (Å²) in [4.78, 5) is 32.0. The van der Waals surface area contributed by atoms with Gasteiger partial charge in [-0.05, 0) is 93.4 Å². The first-order valence-corrected chi connectivity index (χ1v) is 12.6. The molecule has 2 aromatic carbocycles. The highest BCUT2D eigenvalue weighted by molar-refractivity contribution is 5.96. The summed E-state index contributed by atoms with van der Waals surface area (Å²) in [5.74, 6) is 0.0589. The molecule has 1 aliphatic carbocycles. The van der Waals surface area contributed by atoms with Crippen molar-refractivity contribution in [3.8, 4) is 0 Å². The molecule has 1 spiro atoms. The number of piperazine rings is 1. The van der Waals surface area contributed by atoms with Crippen molar-refractivity contribution in [3.63, 3.8) is 0 Å². The van der Waals surface area contributed by atoms with E-state index in [0.717, 1.165) is 47.8 Å². The molecule has 1 N–H and O–H groups in total. The largest absolute Gasteiger partial charge is 0.339 e. The lowest BCUT2D eigenvalue weighted by Gasteiger charge is -2.39. The number of hydrogen-bond donors (Lipinski definition) is 1. The van der Waals surface area contributed by atoms with Gasteiger partial charge < -0.3 is 20.0 Å². The highest BCUT2D eigenvalue weighted by Crippen LogP contribution is 2.53. The second kappa shape index (κ2) is 9.34. The zero-order chi connectivity index (χ0) is 22.8. The van der Waals surface area contributed by atoms with Crippen LogP contribution in [0.4, 0.5) is 10.5 Å². The SMILES string of the molecule is CC1C(=O)N(CCCCN2CCC3(CC2)CC3)CCN1C(=O)Nc1ccc2ccccc2c1. The van der Waals surface area contributed by atoms with Crippen molar-refractivity contribution >= 4 is 28.4 Å². The number of nitrogens with one attached hydrogen (secondary N) is 1. The highest BCUT2D eigenvalue weighted by Gasteiger charge is 2.44. The third-order valence-electron chi connectivity index (χ3n) is 8.04. The Morgan fingerprint density at radius 3 is 2.42 bits per heavy atom. The monoisotopic (exact) mass is 448 g/mol. The van der Waals surface area contributed by atoms with Crippen LogP contribution < -0.4 is 5.32 Å². The molecule has 3 fully saturated rings. The summed E-state index contributed by atoms with van der Waals surface area (Å²) in [6, 6.07) is 13.3. The smallest absolute Gasteiger partial charge is 0.322 e. The fraction of sp³-hybridized carbons (Fsp3) is 0.556. The maximum absolute atomic E-state index is 12.9. The molecule has 6 nitrogen and oxygen atoms in total. The van der Waals surface area contributed by atoms with Crippen LogP contribution in [-0.2, 0) is 4.79 Å². The minimum Gasteiger partial charge on any atom is -0.339 e. The predicted molar refractivity (Wildman–Crippen MR) is 132 cm³/mol.